The second-order valence-electron chi connectivity index (χ2n) is 8.11. The molecule has 8 nitrogen and oxygen atoms in total. The molecule has 2 aromatic rings. The van der Waals surface area contributed by atoms with Crippen molar-refractivity contribution in [2.45, 2.75) is 31.7 Å². The fourth-order valence-corrected chi connectivity index (χ4v) is 4.07. The zero-order chi connectivity index (χ0) is 23.8. The largest absolute Gasteiger partial charge is 0.480 e. The number of carbonyl (C=O) groups excluding carboxylic acids is 2. The number of benzene rings is 2. The third-order valence-electron chi connectivity index (χ3n) is 5.74. The Balaban J connectivity index is 1.49. The summed E-state index contributed by atoms with van der Waals surface area (Å²) in [6.45, 7) is 2.08. The number of alkyl carbamates (subject to hydrolysis) is 1. The van der Waals surface area contributed by atoms with Gasteiger partial charge < -0.3 is 24.8 Å². The van der Waals surface area contributed by atoms with Crippen LogP contribution in [0, 0.1) is 0 Å². The molecular formula is C25H30N2O6. The van der Waals surface area contributed by atoms with Crippen molar-refractivity contribution >= 4 is 18.0 Å². The van der Waals surface area contributed by atoms with Crippen molar-refractivity contribution in [2.75, 3.05) is 33.4 Å². The van der Waals surface area contributed by atoms with E-state index < -0.39 is 12.1 Å². The Morgan fingerprint density at radius 3 is 2.24 bits per heavy atom. The standard InChI is InChI=1S/C25H30N2O6/c1-17(11-12-23(28)27(13-14-32-2)15-24(29)30)26-25(31)33-16-22-20-9-5-3-7-18(20)19-8-4-6-10-21(19)22/h3-10,17,22H,11-16H2,1-2H3,(H,26,31)(H,29,30). The van der Waals surface area contributed by atoms with E-state index in [-0.39, 0.29) is 50.6 Å². The molecule has 2 aromatic carbocycles. The number of carboxylic acid groups (broad SMARTS) is 1. The first-order valence-electron chi connectivity index (χ1n) is 11.0. The van der Waals surface area contributed by atoms with Gasteiger partial charge >= 0.3 is 12.1 Å². The van der Waals surface area contributed by atoms with E-state index in [4.69, 9.17) is 14.6 Å². The molecule has 0 aromatic heterocycles. The molecule has 0 radical (unpaired) electrons. The van der Waals surface area contributed by atoms with E-state index in [0.29, 0.717) is 6.42 Å². The van der Waals surface area contributed by atoms with Crippen molar-refractivity contribution in [1.82, 2.24) is 10.2 Å². The minimum atomic E-state index is -1.08. The number of nitrogens with one attached hydrogen (secondary N) is 1. The summed E-state index contributed by atoms with van der Waals surface area (Å²) in [4.78, 5) is 37.0. The second-order valence-corrected chi connectivity index (χ2v) is 8.11. The van der Waals surface area contributed by atoms with Crippen LogP contribution in [-0.2, 0) is 19.1 Å². The number of hydrogen-bond acceptors (Lipinski definition) is 5. The average Bonchev–Trinajstić information content (AvgIpc) is 3.12. The Morgan fingerprint density at radius 1 is 1.06 bits per heavy atom. The van der Waals surface area contributed by atoms with Crippen molar-refractivity contribution in [3.8, 4) is 11.1 Å². The van der Waals surface area contributed by atoms with Crippen molar-refractivity contribution in [1.29, 1.82) is 0 Å². The Bertz CT molecular complexity index is 947. The lowest BCUT2D eigenvalue weighted by Gasteiger charge is -2.21. The SMILES string of the molecule is COCCN(CC(=O)O)C(=O)CCC(C)NC(=O)OCC1c2ccccc2-c2ccccc21. The maximum Gasteiger partial charge on any atom is 0.407 e. The summed E-state index contributed by atoms with van der Waals surface area (Å²) in [7, 11) is 1.49. The van der Waals surface area contributed by atoms with Crippen LogP contribution in [0.25, 0.3) is 11.1 Å². The van der Waals surface area contributed by atoms with Gasteiger partial charge in [-0.1, -0.05) is 48.5 Å². The van der Waals surface area contributed by atoms with E-state index in [1.807, 2.05) is 24.3 Å². The number of hydrogen-bond donors (Lipinski definition) is 2. The molecule has 1 atom stereocenters. The lowest BCUT2D eigenvalue weighted by Crippen LogP contribution is -2.39. The molecule has 0 spiro atoms. The van der Waals surface area contributed by atoms with E-state index >= 15 is 0 Å². The predicted octanol–water partition coefficient (Wildman–Crippen LogP) is 3.25. The van der Waals surface area contributed by atoms with Gasteiger partial charge in [-0.25, -0.2) is 4.79 Å². The molecule has 2 amide bonds. The number of amides is 2. The molecule has 0 saturated carbocycles. The fraction of sp³-hybridized carbons (Fsp3) is 0.400. The van der Waals surface area contributed by atoms with Gasteiger partial charge in [0.05, 0.1) is 6.61 Å². The molecule has 3 rings (SSSR count). The van der Waals surface area contributed by atoms with Gasteiger partial charge in [0.15, 0.2) is 0 Å². The Labute approximate surface area is 193 Å². The first-order chi connectivity index (χ1) is 15.9. The highest BCUT2D eigenvalue weighted by Crippen LogP contribution is 2.44. The highest BCUT2D eigenvalue weighted by atomic mass is 16.5. The number of aliphatic carboxylic acids is 1. The molecule has 1 aliphatic carbocycles. The van der Waals surface area contributed by atoms with Crippen LogP contribution in [0.4, 0.5) is 4.79 Å². The fourth-order valence-electron chi connectivity index (χ4n) is 4.07. The van der Waals surface area contributed by atoms with Crippen LogP contribution >= 0.6 is 0 Å². The van der Waals surface area contributed by atoms with Crippen LogP contribution in [0.2, 0.25) is 0 Å². The Morgan fingerprint density at radius 2 is 1.67 bits per heavy atom. The number of carbonyl (C=O) groups is 3. The monoisotopic (exact) mass is 454 g/mol. The third-order valence-corrected chi connectivity index (χ3v) is 5.74. The number of ether oxygens (including phenoxy) is 2. The first-order valence-corrected chi connectivity index (χ1v) is 11.0. The number of fused-ring (bicyclic) bond motifs is 3. The molecule has 1 aliphatic rings. The second kappa shape index (κ2) is 11.5. The van der Waals surface area contributed by atoms with Crippen molar-refractivity contribution in [3.05, 3.63) is 59.7 Å². The van der Waals surface area contributed by atoms with Crippen LogP contribution < -0.4 is 5.32 Å². The lowest BCUT2D eigenvalue weighted by atomic mass is 9.98. The van der Waals surface area contributed by atoms with E-state index in [1.54, 1.807) is 6.92 Å². The van der Waals surface area contributed by atoms with Crippen LogP contribution in [0.5, 0.6) is 0 Å². The van der Waals surface area contributed by atoms with Gasteiger partial charge in [0.1, 0.15) is 13.2 Å². The normalized spacial score (nSPS) is 13.0. The molecule has 176 valence electrons. The average molecular weight is 455 g/mol. The summed E-state index contributed by atoms with van der Waals surface area (Å²) in [6.07, 6.45) is -0.0629. The molecular weight excluding hydrogens is 424 g/mol. The lowest BCUT2D eigenvalue weighted by molar-refractivity contribution is -0.145. The van der Waals surface area contributed by atoms with E-state index in [0.717, 1.165) is 22.3 Å². The van der Waals surface area contributed by atoms with Gasteiger partial charge in [-0.2, -0.15) is 0 Å². The van der Waals surface area contributed by atoms with Gasteiger partial charge in [0, 0.05) is 32.0 Å². The Hall–Kier alpha value is -3.39. The minimum absolute atomic E-state index is 0.0228. The number of nitrogens with zero attached hydrogens (tertiary/aromatic N) is 1. The van der Waals surface area contributed by atoms with Crippen molar-refractivity contribution in [3.63, 3.8) is 0 Å². The number of carboxylic acids is 1. The molecule has 8 heteroatoms. The first kappa shape index (κ1) is 24.3. The smallest absolute Gasteiger partial charge is 0.407 e. The molecule has 0 saturated heterocycles. The van der Waals surface area contributed by atoms with Crippen LogP contribution in [0.3, 0.4) is 0 Å². The van der Waals surface area contributed by atoms with Crippen LogP contribution in [0.1, 0.15) is 36.8 Å². The van der Waals surface area contributed by atoms with Crippen LogP contribution in [-0.4, -0.2) is 67.4 Å². The third kappa shape index (κ3) is 6.32. The van der Waals surface area contributed by atoms with Crippen molar-refractivity contribution < 1.29 is 29.0 Å². The summed E-state index contributed by atoms with van der Waals surface area (Å²) in [5, 5.41) is 11.7. The summed E-state index contributed by atoms with van der Waals surface area (Å²) < 4.78 is 10.5. The van der Waals surface area contributed by atoms with Gasteiger partial charge in [-0.3, -0.25) is 9.59 Å². The van der Waals surface area contributed by atoms with E-state index in [2.05, 4.69) is 29.6 Å². The predicted molar refractivity (Wildman–Crippen MR) is 123 cm³/mol. The molecule has 0 aliphatic heterocycles. The van der Waals surface area contributed by atoms with Gasteiger partial charge in [0.2, 0.25) is 5.91 Å². The van der Waals surface area contributed by atoms with Crippen molar-refractivity contribution in [2.24, 2.45) is 0 Å². The zero-order valence-electron chi connectivity index (χ0n) is 19.0. The summed E-state index contributed by atoms with van der Waals surface area (Å²) >= 11 is 0. The maximum atomic E-state index is 12.4. The zero-order valence-corrected chi connectivity index (χ0v) is 19.0. The molecule has 1 unspecified atom stereocenters. The maximum absolute atomic E-state index is 12.4. The molecule has 33 heavy (non-hydrogen) atoms. The number of methoxy groups -OCH3 is 1. The van der Waals surface area contributed by atoms with Gasteiger partial charge in [-0.05, 0) is 35.6 Å². The van der Waals surface area contributed by atoms with E-state index in [1.165, 1.54) is 12.0 Å². The highest BCUT2D eigenvalue weighted by molar-refractivity contribution is 5.81. The Kier molecular flexibility index (Phi) is 8.43. The topological polar surface area (TPSA) is 105 Å². The summed E-state index contributed by atoms with van der Waals surface area (Å²) in [5.41, 5.74) is 4.60. The molecule has 2 N–H and O–H groups in total. The molecule has 0 bridgehead atoms. The van der Waals surface area contributed by atoms with Gasteiger partial charge in [-0.15, -0.1) is 0 Å². The summed E-state index contributed by atoms with van der Waals surface area (Å²) in [5.74, 6) is -1.40. The summed E-state index contributed by atoms with van der Waals surface area (Å²) in [6, 6.07) is 15.9. The quantitative estimate of drug-likeness (QED) is 0.540. The number of rotatable bonds is 11. The molecule has 0 fully saturated rings. The van der Waals surface area contributed by atoms with E-state index in [9.17, 15) is 14.4 Å². The minimum Gasteiger partial charge on any atom is -0.480 e. The highest BCUT2D eigenvalue weighted by Gasteiger charge is 2.29. The van der Waals surface area contributed by atoms with Crippen LogP contribution in [0.15, 0.2) is 48.5 Å². The molecule has 0 heterocycles. The van der Waals surface area contributed by atoms with Gasteiger partial charge in [0.25, 0.3) is 0 Å².